The van der Waals surface area contributed by atoms with E-state index in [0.717, 1.165) is 111 Å². The lowest BCUT2D eigenvalue weighted by molar-refractivity contribution is -0.0616. The summed E-state index contributed by atoms with van der Waals surface area (Å²) in [4.78, 5) is 34.6. The van der Waals surface area contributed by atoms with Crippen LogP contribution in [0.5, 0.6) is 17.2 Å². The molecule has 12 heteroatoms. The molecule has 0 fully saturated rings. The van der Waals surface area contributed by atoms with E-state index in [1.807, 2.05) is 36.4 Å². The van der Waals surface area contributed by atoms with Gasteiger partial charge < -0.3 is 41.7 Å². The van der Waals surface area contributed by atoms with Gasteiger partial charge in [-0.25, -0.2) is 14.4 Å². The molecule has 12 nitrogen and oxygen atoms in total. The number of hydrogen-bond acceptors (Lipinski definition) is 12. The van der Waals surface area contributed by atoms with E-state index in [1.165, 1.54) is 153 Å². The topological polar surface area (TPSA) is 146 Å². The number of benzene rings is 3. The Morgan fingerprint density at radius 2 is 0.526 bits per heavy atom. The van der Waals surface area contributed by atoms with Crippen LogP contribution in [0.1, 0.15) is 193 Å². The fourth-order valence-electron chi connectivity index (χ4n) is 9.85. The van der Waals surface area contributed by atoms with E-state index in [9.17, 15) is 14.4 Å². The van der Waals surface area contributed by atoms with Gasteiger partial charge in [0.15, 0.2) is 0 Å². The molecule has 0 aliphatic heterocycles. The van der Waals surface area contributed by atoms with Gasteiger partial charge >= 0.3 is 16.9 Å². The fraction of sp³-hybridized carbons (Fsp3) is 0.591. The molecule has 0 amide bonds. The summed E-state index contributed by atoms with van der Waals surface area (Å²) >= 11 is 0. The average molecular weight is 1080 g/mol. The van der Waals surface area contributed by atoms with Crippen molar-refractivity contribution >= 4 is 32.9 Å². The maximum atomic E-state index is 11.5. The molecule has 6 rings (SSSR count). The molecular weight excluding hydrogens is 985 g/mol. The van der Waals surface area contributed by atoms with Crippen LogP contribution in [0.3, 0.4) is 0 Å². The molecule has 428 valence electrons. The van der Waals surface area contributed by atoms with Gasteiger partial charge in [0.05, 0.1) is 33.0 Å². The summed E-state index contributed by atoms with van der Waals surface area (Å²) in [6, 6.07) is 26.6. The van der Waals surface area contributed by atoms with Crippen LogP contribution in [0.25, 0.3) is 32.9 Å². The maximum Gasteiger partial charge on any atom is 0.336 e. The first kappa shape index (κ1) is 61.8. The molecule has 0 aliphatic rings. The fourth-order valence-corrected chi connectivity index (χ4v) is 9.85. The summed E-state index contributed by atoms with van der Waals surface area (Å²) in [5, 5.41) is 2.69. The third-order valence-electron chi connectivity index (χ3n) is 14.5. The van der Waals surface area contributed by atoms with E-state index >= 15 is 0 Å². The largest absolute Gasteiger partial charge is 0.493 e. The van der Waals surface area contributed by atoms with Crippen LogP contribution in [0, 0.1) is 0 Å². The predicted molar refractivity (Wildman–Crippen MR) is 314 cm³/mol. The first-order chi connectivity index (χ1) is 38.5. The van der Waals surface area contributed by atoms with Crippen LogP contribution in [0.15, 0.2) is 119 Å². The Morgan fingerprint density at radius 3 is 0.821 bits per heavy atom. The number of fused-ring (bicyclic) bond motifs is 3. The summed E-state index contributed by atoms with van der Waals surface area (Å²) in [5.74, 6) is 2.24. The highest BCUT2D eigenvalue weighted by Gasteiger charge is 2.11. The minimum atomic E-state index is -0.343. The van der Waals surface area contributed by atoms with Crippen LogP contribution >= 0.6 is 0 Å². The standard InChI is InChI=1S/C66H92O12/c67-64-40-34-54-31-37-57(49-61(54)76-64)72-45-27-21-15-9-3-1-7-13-19-25-43-70-52-60(75-48-30-24-18-12-6-5-11-17-23-29-47-74-59-39-33-56-36-42-66(69)78-63(56)51-59)53-71-44-26-20-14-8-2-4-10-16-22-28-46-73-58-38-32-55-35-41-65(68)77-62(55)50-58/h31-42,49-51,60H,1-30,43-48,52-53H2. The Kier molecular flexibility index (Phi) is 30.9. The Hall–Kier alpha value is -5.43. The Morgan fingerprint density at radius 1 is 0.282 bits per heavy atom. The molecule has 78 heavy (non-hydrogen) atoms. The molecule has 3 aromatic heterocycles. The van der Waals surface area contributed by atoms with Crippen LogP contribution in [-0.2, 0) is 14.2 Å². The minimum absolute atomic E-state index is 0.0192. The molecular formula is C66H92O12. The molecule has 0 spiro atoms. The van der Waals surface area contributed by atoms with Crippen molar-refractivity contribution in [3.05, 3.63) is 122 Å². The molecule has 0 saturated heterocycles. The summed E-state index contributed by atoms with van der Waals surface area (Å²) in [6.07, 6.45) is 36.3. The van der Waals surface area contributed by atoms with Crippen molar-refractivity contribution in [1.82, 2.24) is 0 Å². The zero-order valence-corrected chi connectivity index (χ0v) is 47.0. The van der Waals surface area contributed by atoms with Crippen molar-refractivity contribution in [3.8, 4) is 17.2 Å². The maximum absolute atomic E-state index is 11.5. The lowest BCUT2D eigenvalue weighted by Gasteiger charge is -2.18. The SMILES string of the molecule is O=c1ccc2ccc(OCCCCCCCCCCCCOCC(COCCCCCCCCCCCCOc3ccc4ccc(=O)oc4c3)OCCCCCCCCCCCCOc3ccc4ccc(=O)oc4c3)cc2o1. The first-order valence-electron chi connectivity index (χ1n) is 30.3. The number of rotatable bonds is 47. The number of unbranched alkanes of at least 4 members (excludes halogenated alkanes) is 27. The third kappa shape index (κ3) is 26.5. The van der Waals surface area contributed by atoms with Gasteiger partial charge in [-0.15, -0.1) is 0 Å². The van der Waals surface area contributed by atoms with Crippen molar-refractivity contribution in [3.63, 3.8) is 0 Å². The van der Waals surface area contributed by atoms with E-state index in [0.29, 0.717) is 49.8 Å². The molecule has 0 saturated carbocycles. The molecule has 3 aromatic carbocycles. The number of ether oxygens (including phenoxy) is 6. The van der Waals surface area contributed by atoms with Gasteiger partial charge in [0.1, 0.15) is 40.1 Å². The first-order valence-corrected chi connectivity index (χ1v) is 30.3. The molecule has 0 aliphatic carbocycles. The molecule has 6 aromatic rings. The molecule has 3 heterocycles. The lowest BCUT2D eigenvalue weighted by atomic mass is 10.1. The summed E-state index contributed by atoms with van der Waals surface area (Å²) in [6.45, 7) is 5.53. The minimum Gasteiger partial charge on any atom is -0.493 e. The lowest BCUT2D eigenvalue weighted by Crippen LogP contribution is -2.26. The van der Waals surface area contributed by atoms with E-state index < -0.39 is 0 Å². The zero-order chi connectivity index (χ0) is 54.3. The van der Waals surface area contributed by atoms with E-state index in [2.05, 4.69) is 0 Å². The van der Waals surface area contributed by atoms with Crippen LogP contribution in [0.4, 0.5) is 0 Å². The van der Waals surface area contributed by atoms with Crippen molar-refractivity contribution in [2.24, 2.45) is 0 Å². The third-order valence-corrected chi connectivity index (χ3v) is 14.5. The van der Waals surface area contributed by atoms with Gasteiger partial charge in [0.2, 0.25) is 0 Å². The van der Waals surface area contributed by atoms with Crippen molar-refractivity contribution in [2.75, 3.05) is 52.9 Å². The Balaban J connectivity index is 0.728. The van der Waals surface area contributed by atoms with E-state index in [4.69, 9.17) is 41.7 Å². The van der Waals surface area contributed by atoms with Crippen LogP contribution < -0.4 is 31.1 Å². The summed E-state index contributed by atoms with van der Waals surface area (Å²) in [5.41, 5.74) is 0.668. The van der Waals surface area contributed by atoms with Gasteiger partial charge in [0.25, 0.3) is 0 Å². The average Bonchev–Trinajstić information content (AvgIpc) is 3.44. The van der Waals surface area contributed by atoms with Gasteiger partial charge in [0, 0.05) is 72.4 Å². The van der Waals surface area contributed by atoms with Gasteiger partial charge in [-0.05, 0) is 93.1 Å². The quantitative estimate of drug-likeness (QED) is 0.0265. The molecule has 0 atom stereocenters. The monoisotopic (exact) mass is 1080 g/mol. The van der Waals surface area contributed by atoms with Gasteiger partial charge in [-0.1, -0.05) is 154 Å². The molecule has 0 N–H and O–H groups in total. The Bertz CT molecular complexity index is 2560. The van der Waals surface area contributed by atoms with Crippen molar-refractivity contribution in [1.29, 1.82) is 0 Å². The molecule has 0 radical (unpaired) electrons. The predicted octanol–water partition coefficient (Wildman–Crippen LogP) is 16.7. The zero-order valence-electron chi connectivity index (χ0n) is 47.0. The highest BCUT2D eigenvalue weighted by Crippen LogP contribution is 2.23. The summed E-state index contributed by atoms with van der Waals surface area (Å²) in [7, 11) is 0. The van der Waals surface area contributed by atoms with E-state index in [-0.39, 0.29) is 23.0 Å². The Labute approximate surface area is 463 Å². The van der Waals surface area contributed by atoms with Crippen molar-refractivity contribution in [2.45, 2.75) is 199 Å². The smallest absolute Gasteiger partial charge is 0.336 e. The van der Waals surface area contributed by atoms with Gasteiger partial charge in [-0.2, -0.15) is 0 Å². The highest BCUT2D eigenvalue weighted by atomic mass is 16.6. The van der Waals surface area contributed by atoms with Crippen LogP contribution in [0.2, 0.25) is 0 Å². The van der Waals surface area contributed by atoms with E-state index in [1.54, 1.807) is 36.4 Å². The highest BCUT2D eigenvalue weighted by molar-refractivity contribution is 5.79. The van der Waals surface area contributed by atoms with Crippen molar-refractivity contribution < 1.29 is 41.7 Å². The normalized spacial score (nSPS) is 11.7. The number of hydrogen-bond donors (Lipinski definition) is 0. The van der Waals surface area contributed by atoms with Crippen LogP contribution in [-0.4, -0.2) is 59.0 Å². The molecule has 0 bridgehead atoms. The second-order valence-corrected chi connectivity index (χ2v) is 21.2. The second kappa shape index (κ2) is 39.0. The molecule has 0 unspecified atom stereocenters. The second-order valence-electron chi connectivity index (χ2n) is 21.2. The van der Waals surface area contributed by atoms with Gasteiger partial charge in [-0.3, -0.25) is 0 Å². The summed E-state index contributed by atoms with van der Waals surface area (Å²) < 4.78 is 52.2.